The van der Waals surface area contributed by atoms with Crippen LogP contribution in [0.3, 0.4) is 0 Å². The van der Waals surface area contributed by atoms with Crippen LogP contribution in [0.1, 0.15) is 28.9 Å². The van der Waals surface area contributed by atoms with E-state index in [-0.39, 0.29) is 24.4 Å². The Kier molecular flexibility index (Phi) is 4.93. The number of anilines is 1. The Labute approximate surface area is 171 Å². The summed E-state index contributed by atoms with van der Waals surface area (Å²) < 4.78 is 43.3. The van der Waals surface area contributed by atoms with Crippen LogP contribution in [-0.2, 0) is 5.54 Å². The molecule has 0 saturated heterocycles. The second-order valence-electron chi connectivity index (χ2n) is 7.40. The number of hydrogen-bond donors (Lipinski definition) is 1. The summed E-state index contributed by atoms with van der Waals surface area (Å²) in [5.41, 5.74) is 5.57. The first-order valence-corrected chi connectivity index (χ1v) is 9.36. The van der Waals surface area contributed by atoms with Crippen molar-refractivity contribution in [1.82, 2.24) is 9.97 Å². The highest BCUT2D eigenvalue weighted by Gasteiger charge is 2.52. The van der Waals surface area contributed by atoms with Crippen molar-refractivity contribution in [2.24, 2.45) is 5.73 Å². The van der Waals surface area contributed by atoms with Crippen molar-refractivity contribution in [3.63, 3.8) is 0 Å². The Balaban J connectivity index is 1.71. The van der Waals surface area contributed by atoms with Gasteiger partial charge < -0.3 is 10.6 Å². The van der Waals surface area contributed by atoms with E-state index in [2.05, 4.69) is 9.97 Å². The number of pyridine rings is 2. The molecule has 2 aromatic heterocycles. The summed E-state index contributed by atoms with van der Waals surface area (Å²) in [5.74, 6) is -1.86. The Morgan fingerprint density at radius 1 is 1.10 bits per heavy atom. The van der Waals surface area contributed by atoms with Crippen molar-refractivity contribution in [2.75, 3.05) is 11.9 Å². The fraction of sp³-hybridized carbons (Fsp3) is 0.227. The van der Waals surface area contributed by atoms with E-state index >= 15 is 4.39 Å². The highest BCUT2D eigenvalue weighted by molar-refractivity contribution is 5.94. The van der Waals surface area contributed by atoms with Crippen molar-refractivity contribution in [3.8, 4) is 11.1 Å². The molecule has 1 aliphatic carbocycles. The second-order valence-corrected chi connectivity index (χ2v) is 7.40. The zero-order valence-electron chi connectivity index (χ0n) is 16.1. The van der Waals surface area contributed by atoms with Gasteiger partial charge in [-0.05, 0) is 35.9 Å². The molecule has 2 N–H and O–H groups in total. The number of amides is 1. The number of benzene rings is 1. The summed E-state index contributed by atoms with van der Waals surface area (Å²) in [4.78, 5) is 21.2. The molecule has 2 heterocycles. The van der Waals surface area contributed by atoms with Crippen molar-refractivity contribution in [2.45, 2.75) is 24.6 Å². The van der Waals surface area contributed by atoms with E-state index < -0.39 is 29.3 Å². The van der Waals surface area contributed by atoms with Gasteiger partial charge in [0.25, 0.3) is 0 Å². The van der Waals surface area contributed by atoms with Gasteiger partial charge in [0.05, 0.1) is 5.54 Å². The van der Waals surface area contributed by atoms with Gasteiger partial charge in [0.15, 0.2) is 11.6 Å². The smallest absolute Gasteiger partial charge is 0.248 e. The molecule has 30 heavy (non-hydrogen) atoms. The van der Waals surface area contributed by atoms with Gasteiger partial charge in [-0.1, -0.05) is 12.1 Å². The van der Waals surface area contributed by atoms with E-state index in [4.69, 9.17) is 5.73 Å². The van der Waals surface area contributed by atoms with Gasteiger partial charge in [-0.25, -0.2) is 18.2 Å². The summed E-state index contributed by atoms with van der Waals surface area (Å²) in [5, 5.41) is 0. The summed E-state index contributed by atoms with van der Waals surface area (Å²) in [6, 6.07) is 10.4. The number of aromatic nitrogens is 2. The number of rotatable bonds is 5. The van der Waals surface area contributed by atoms with E-state index in [0.717, 1.165) is 0 Å². The van der Waals surface area contributed by atoms with Gasteiger partial charge in [-0.2, -0.15) is 0 Å². The fourth-order valence-electron chi connectivity index (χ4n) is 3.92. The minimum Gasteiger partial charge on any atom is -0.366 e. The Hall–Kier alpha value is -3.42. The Morgan fingerprint density at radius 3 is 2.50 bits per heavy atom. The lowest BCUT2D eigenvalue weighted by Crippen LogP contribution is -2.56. The minimum atomic E-state index is -1.13. The first-order valence-electron chi connectivity index (χ1n) is 9.36. The maximum atomic E-state index is 15.0. The topological polar surface area (TPSA) is 72.1 Å². The lowest BCUT2D eigenvalue weighted by molar-refractivity contribution is 0.0860. The van der Waals surface area contributed by atoms with Crippen molar-refractivity contribution >= 4 is 11.7 Å². The van der Waals surface area contributed by atoms with Gasteiger partial charge in [0.1, 0.15) is 17.7 Å². The molecule has 0 radical (unpaired) electrons. The largest absolute Gasteiger partial charge is 0.366 e. The molecule has 154 valence electrons. The third-order valence-corrected chi connectivity index (χ3v) is 5.58. The summed E-state index contributed by atoms with van der Waals surface area (Å²) >= 11 is 0. The standard InChI is InChI=1S/C22H19F3N4O/c1-29(22(10-16(23)11-22)19-17(24)6-3-7-27-19)21-18(25)9-15(12-28-21)13-4-2-5-14(8-13)20(26)30/h2-9,12,16H,10-11H2,1H3,(H2,26,30)/t16-,22-. The lowest BCUT2D eigenvalue weighted by Gasteiger charge is -2.50. The van der Waals surface area contributed by atoms with E-state index in [9.17, 15) is 13.6 Å². The number of carbonyl (C=O) groups excluding carboxylic acids is 1. The van der Waals surface area contributed by atoms with Crippen molar-refractivity contribution in [3.05, 3.63) is 77.8 Å². The molecule has 5 nitrogen and oxygen atoms in total. The highest BCUT2D eigenvalue weighted by atomic mass is 19.1. The van der Waals surface area contributed by atoms with Crippen molar-refractivity contribution < 1.29 is 18.0 Å². The summed E-state index contributed by atoms with van der Waals surface area (Å²) in [7, 11) is 1.55. The van der Waals surface area contributed by atoms with Gasteiger partial charge in [0.2, 0.25) is 5.91 Å². The van der Waals surface area contributed by atoms with Crippen LogP contribution in [0.15, 0.2) is 54.9 Å². The number of alkyl halides is 1. The number of halogens is 3. The van der Waals surface area contributed by atoms with Crippen LogP contribution in [0.25, 0.3) is 11.1 Å². The van der Waals surface area contributed by atoms with Crippen LogP contribution in [0.4, 0.5) is 19.0 Å². The van der Waals surface area contributed by atoms with Gasteiger partial charge >= 0.3 is 0 Å². The molecule has 8 heteroatoms. The molecule has 0 spiro atoms. The highest BCUT2D eigenvalue weighted by Crippen LogP contribution is 2.49. The van der Waals surface area contributed by atoms with Crippen LogP contribution in [0.2, 0.25) is 0 Å². The average Bonchev–Trinajstić information content (AvgIpc) is 2.71. The SMILES string of the molecule is CN(c1ncc(-c2cccc(C(N)=O)c2)cc1F)[C@]1(c2ncccc2F)C[C@@H](F)C1. The average molecular weight is 412 g/mol. The molecule has 1 fully saturated rings. The molecule has 0 unspecified atom stereocenters. The van der Waals surface area contributed by atoms with Crippen LogP contribution in [0.5, 0.6) is 0 Å². The Morgan fingerprint density at radius 2 is 1.87 bits per heavy atom. The Bertz CT molecular complexity index is 1120. The summed E-state index contributed by atoms with van der Waals surface area (Å²) in [6.07, 6.45) is 1.72. The molecule has 1 aliphatic rings. The number of primary amides is 1. The monoisotopic (exact) mass is 412 g/mol. The zero-order valence-corrected chi connectivity index (χ0v) is 16.1. The van der Waals surface area contributed by atoms with Crippen molar-refractivity contribution in [1.29, 1.82) is 0 Å². The molecule has 1 aromatic carbocycles. The minimum absolute atomic E-state index is 0.0129. The van der Waals surface area contributed by atoms with E-state index in [1.54, 1.807) is 31.3 Å². The van der Waals surface area contributed by atoms with E-state index in [0.29, 0.717) is 16.7 Å². The van der Waals surface area contributed by atoms with Crippen LogP contribution < -0.4 is 10.6 Å². The zero-order chi connectivity index (χ0) is 21.5. The molecule has 1 amide bonds. The van der Waals surface area contributed by atoms with Crippen LogP contribution in [-0.4, -0.2) is 29.1 Å². The molecular formula is C22H19F3N4O. The van der Waals surface area contributed by atoms with E-state index in [1.165, 1.54) is 35.5 Å². The van der Waals surface area contributed by atoms with Crippen LogP contribution >= 0.6 is 0 Å². The number of hydrogen-bond acceptors (Lipinski definition) is 4. The van der Waals surface area contributed by atoms with Gasteiger partial charge in [-0.15, -0.1) is 0 Å². The van der Waals surface area contributed by atoms with Gasteiger partial charge in [-0.3, -0.25) is 9.78 Å². The first-order chi connectivity index (χ1) is 14.3. The number of carbonyl (C=O) groups is 1. The molecule has 4 rings (SSSR count). The number of nitrogens with two attached hydrogens (primary N) is 1. The second kappa shape index (κ2) is 7.44. The maximum Gasteiger partial charge on any atom is 0.248 e. The molecule has 1 saturated carbocycles. The quantitative estimate of drug-likeness (QED) is 0.688. The maximum absolute atomic E-state index is 15.0. The predicted octanol–water partition coefficient (Wildman–Crippen LogP) is 3.98. The lowest BCUT2D eigenvalue weighted by atomic mass is 9.71. The predicted molar refractivity (Wildman–Crippen MR) is 107 cm³/mol. The third-order valence-electron chi connectivity index (χ3n) is 5.58. The molecule has 0 atom stereocenters. The molecular weight excluding hydrogens is 393 g/mol. The van der Waals surface area contributed by atoms with Crippen LogP contribution in [0, 0.1) is 11.6 Å². The fourth-order valence-corrected chi connectivity index (χ4v) is 3.92. The molecule has 0 bridgehead atoms. The molecule has 3 aromatic rings. The normalized spacial score (nSPS) is 20.5. The summed E-state index contributed by atoms with van der Waals surface area (Å²) in [6.45, 7) is 0. The number of nitrogens with zero attached hydrogens (tertiary/aromatic N) is 3. The van der Waals surface area contributed by atoms with Gasteiger partial charge in [0, 0.05) is 43.4 Å². The third kappa shape index (κ3) is 3.28. The molecule has 0 aliphatic heterocycles. The van der Waals surface area contributed by atoms with E-state index in [1.807, 2.05) is 0 Å². The first kappa shape index (κ1) is 19.9.